The fraction of sp³-hybridized carbons (Fsp3) is 0.533. The standard InChI is InChI=1S/C15H21BrN2O2/c1-11-2-3-12(15(17)19)10-18(11)8-9-20-14-6-4-13(16)5-7-14/h4-7,11-12H,2-3,8-10H2,1H3,(H2,17,19). The number of carbonyl (C=O) groups is 1. The molecule has 0 saturated carbocycles. The largest absolute Gasteiger partial charge is 0.492 e. The minimum Gasteiger partial charge on any atom is -0.492 e. The number of rotatable bonds is 5. The Morgan fingerprint density at radius 3 is 2.75 bits per heavy atom. The molecule has 2 atom stereocenters. The highest BCUT2D eigenvalue weighted by molar-refractivity contribution is 9.10. The average Bonchev–Trinajstić information content (AvgIpc) is 2.43. The van der Waals surface area contributed by atoms with Crippen molar-refractivity contribution in [3.05, 3.63) is 28.7 Å². The van der Waals surface area contributed by atoms with Gasteiger partial charge in [0.25, 0.3) is 0 Å². The minimum atomic E-state index is -0.185. The number of benzene rings is 1. The smallest absolute Gasteiger partial charge is 0.221 e. The Kier molecular flexibility index (Phi) is 5.43. The second kappa shape index (κ2) is 7.09. The topological polar surface area (TPSA) is 55.6 Å². The van der Waals surface area contributed by atoms with Crippen molar-refractivity contribution in [1.82, 2.24) is 4.90 Å². The molecule has 4 nitrogen and oxygen atoms in total. The number of piperidine rings is 1. The second-order valence-corrected chi connectivity index (χ2v) is 6.24. The van der Waals surface area contributed by atoms with E-state index in [1.165, 1.54) is 0 Å². The van der Waals surface area contributed by atoms with Gasteiger partial charge in [-0.05, 0) is 44.0 Å². The van der Waals surface area contributed by atoms with Gasteiger partial charge in [0.1, 0.15) is 12.4 Å². The van der Waals surface area contributed by atoms with Gasteiger partial charge in [0.05, 0.1) is 5.92 Å². The molecule has 2 rings (SSSR count). The minimum absolute atomic E-state index is 0.0149. The molecule has 0 radical (unpaired) electrons. The predicted octanol–water partition coefficient (Wildman–Crippen LogP) is 2.41. The monoisotopic (exact) mass is 340 g/mol. The molecule has 1 aliphatic heterocycles. The molecule has 2 unspecified atom stereocenters. The number of amides is 1. The molecular weight excluding hydrogens is 320 g/mol. The maximum Gasteiger partial charge on any atom is 0.221 e. The number of carbonyl (C=O) groups excluding carboxylic acids is 1. The molecule has 1 heterocycles. The molecule has 1 aromatic carbocycles. The summed E-state index contributed by atoms with van der Waals surface area (Å²) in [4.78, 5) is 13.6. The Balaban J connectivity index is 1.80. The van der Waals surface area contributed by atoms with Crippen molar-refractivity contribution >= 4 is 21.8 Å². The van der Waals surface area contributed by atoms with Gasteiger partial charge in [0.15, 0.2) is 0 Å². The fourth-order valence-corrected chi connectivity index (χ4v) is 2.80. The van der Waals surface area contributed by atoms with E-state index in [0.717, 1.165) is 36.2 Å². The van der Waals surface area contributed by atoms with Crippen LogP contribution in [0.2, 0.25) is 0 Å². The van der Waals surface area contributed by atoms with Gasteiger partial charge >= 0.3 is 0 Å². The molecule has 1 aromatic rings. The normalized spacial score (nSPS) is 23.5. The lowest BCUT2D eigenvalue weighted by atomic mass is 9.93. The molecule has 2 N–H and O–H groups in total. The highest BCUT2D eigenvalue weighted by Gasteiger charge is 2.28. The molecule has 1 fully saturated rings. The average molecular weight is 341 g/mol. The van der Waals surface area contributed by atoms with Gasteiger partial charge in [0, 0.05) is 23.6 Å². The number of nitrogens with zero attached hydrogens (tertiary/aromatic N) is 1. The number of nitrogens with two attached hydrogens (primary N) is 1. The predicted molar refractivity (Wildman–Crippen MR) is 82.6 cm³/mol. The van der Waals surface area contributed by atoms with E-state index < -0.39 is 0 Å². The number of hydrogen-bond donors (Lipinski definition) is 1. The Hall–Kier alpha value is -1.07. The van der Waals surface area contributed by atoms with Gasteiger partial charge in [-0.25, -0.2) is 0 Å². The van der Waals surface area contributed by atoms with Gasteiger partial charge in [-0.15, -0.1) is 0 Å². The molecular formula is C15H21BrN2O2. The van der Waals surface area contributed by atoms with Crippen molar-refractivity contribution in [1.29, 1.82) is 0 Å². The van der Waals surface area contributed by atoms with Crippen molar-refractivity contribution in [2.45, 2.75) is 25.8 Å². The Morgan fingerprint density at radius 2 is 2.10 bits per heavy atom. The fourth-order valence-electron chi connectivity index (χ4n) is 2.53. The van der Waals surface area contributed by atoms with E-state index in [4.69, 9.17) is 10.5 Å². The van der Waals surface area contributed by atoms with Gasteiger partial charge < -0.3 is 10.5 Å². The van der Waals surface area contributed by atoms with Crippen molar-refractivity contribution < 1.29 is 9.53 Å². The zero-order valence-electron chi connectivity index (χ0n) is 11.7. The first-order valence-electron chi connectivity index (χ1n) is 6.98. The second-order valence-electron chi connectivity index (χ2n) is 5.32. The van der Waals surface area contributed by atoms with Crippen LogP contribution in [0.4, 0.5) is 0 Å². The lowest BCUT2D eigenvalue weighted by Crippen LogP contribution is -2.47. The van der Waals surface area contributed by atoms with Crippen LogP contribution in [0.25, 0.3) is 0 Å². The van der Waals surface area contributed by atoms with Crippen LogP contribution >= 0.6 is 15.9 Å². The van der Waals surface area contributed by atoms with Crippen molar-refractivity contribution in [2.75, 3.05) is 19.7 Å². The van der Waals surface area contributed by atoms with Crippen molar-refractivity contribution in [3.8, 4) is 5.75 Å². The zero-order chi connectivity index (χ0) is 14.5. The highest BCUT2D eigenvalue weighted by Crippen LogP contribution is 2.21. The van der Waals surface area contributed by atoms with Gasteiger partial charge in [0.2, 0.25) is 5.91 Å². The maximum absolute atomic E-state index is 11.3. The van der Waals surface area contributed by atoms with E-state index in [9.17, 15) is 4.79 Å². The van der Waals surface area contributed by atoms with Crippen molar-refractivity contribution in [3.63, 3.8) is 0 Å². The van der Waals surface area contributed by atoms with E-state index in [2.05, 4.69) is 27.8 Å². The van der Waals surface area contributed by atoms with Crippen LogP contribution < -0.4 is 10.5 Å². The van der Waals surface area contributed by atoms with Crippen LogP contribution in [0.1, 0.15) is 19.8 Å². The van der Waals surface area contributed by atoms with Crippen LogP contribution in [0.3, 0.4) is 0 Å². The summed E-state index contributed by atoms with van der Waals surface area (Å²) in [5.74, 6) is 0.666. The van der Waals surface area contributed by atoms with Gasteiger partial charge in [-0.1, -0.05) is 15.9 Å². The van der Waals surface area contributed by atoms with Gasteiger partial charge in [-0.2, -0.15) is 0 Å². The number of primary amides is 1. The third-order valence-corrected chi connectivity index (χ3v) is 4.40. The summed E-state index contributed by atoms with van der Waals surface area (Å²) >= 11 is 3.40. The first-order chi connectivity index (χ1) is 9.56. The Labute approximate surface area is 128 Å². The summed E-state index contributed by atoms with van der Waals surface area (Å²) in [6.45, 7) is 4.38. The lowest BCUT2D eigenvalue weighted by molar-refractivity contribution is -0.124. The third kappa shape index (κ3) is 4.21. The van der Waals surface area contributed by atoms with E-state index in [1.807, 2.05) is 24.3 Å². The van der Waals surface area contributed by atoms with E-state index in [1.54, 1.807) is 0 Å². The summed E-state index contributed by atoms with van der Waals surface area (Å²) in [6, 6.07) is 8.29. The van der Waals surface area contributed by atoms with Gasteiger partial charge in [-0.3, -0.25) is 9.69 Å². The number of likely N-dealkylation sites (tertiary alicyclic amines) is 1. The third-order valence-electron chi connectivity index (χ3n) is 3.87. The van der Waals surface area contributed by atoms with E-state index in [-0.39, 0.29) is 11.8 Å². The summed E-state index contributed by atoms with van der Waals surface area (Å²) in [5, 5.41) is 0. The molecule has 0 aromatic heterocycles. The molecule has 0 aliphatic carbocycles. The number of hydrogen-bond acceptors (Lipinski definition) is 3. The SMILES string of the molecule is CC1CCC(C(N)=O)CN1CCOc1ccc(Br)cc1. The van der Waals surface area contributed by atoms with Crippen LogP contribution in [0.15, 0.2) is 28.7 Å². The van der Waals surface area contributed by atoms with E-state index >= 15 is 0 Å². The molecule has 20 heavy (non-hydrogen) atoms. The highest BCUT2D eigenvalue weighted by atomic mass is 79.9. The van der Waals surface area contributed by atoms with Crippen LogP contribution in [0.5, 0.6) is 5.75 Å². The van der Waals surface area contributed by atoms with Crippen molar-refractivity contribution in [2.24, 2.45) is 11.7 Å². The molecule has 110 valence electrons. The first-order valence-corrected chi connectivity index (χ1v) is 7.77. The molecule has 1 saturated heterocycles. The molecule has 0 bridgehead atoms. The zero-order valence-corrected chi connectivity index (χ0v) is 13.3. The Morgan fingerprint density at radius 1 is 1.40 bits per heavy atom. The molecule has 0 spiro atoms. The van der Waals surface area contributed by atoms with Crippen LogP contribution in [-0.2, 0) is 4.79 Å². The number of ether oxygens (including phenoxy) is 1. The quantitative estimate of drug-likeness (QED) is 0.895. The van der Waals surface area contributed by atoms with Crippen LogP contribution in [-0.4, -0.2) is 36.5 Å². The summed E-state index contributed by atoms with van der Waals surface area (Å²) < 4.78 is 6.77. The maximum atomic E-state index is 11.3. The molecule has 1 aliphatic rings. The molecule has 1 amide bonds. The van der Waals surface area contributed by atoms with Crippen LogP contribution in [0, 0.1) is 5.92 Å². The lowest BCUT2D eigenvalue weighted by Gasteiger charge is -2.36. The Bertz CT molecular complexity index is 450. The first kappa shape index (κ1) is 15.3. The number of halogens is 1. The summed E-state index contributed by atoms with van der Waals surface area (Å²) in [6.07, 6.45) is 1.92. The summed E-state index contributed by atoms with van der Waals surface area (Å²) in [5.41, 5.74) is 5.41. The summed E-state index contributed by atoms with van der Waals surface area (Å²) in [7, 11) is 0. The molecule has 5 heteroatoms. The van der Waals surface area contributed by atoms with E-state index in [0.29, 0.717) is 12.6 Å².